The fourth-order valence-corrected chi connectivity index (χ4v) is 5.37. The Labute approximate surface area is 158 Å². The number of nitrogens with one attached hydrogen (secondary N) is 1. The van der Waals surface area contributed by atoms with Gasteiger partial charge < -0.3 is 9.84 Å². The van der Waals surface area contributed by atoms with Crippen molar-refractivity contribution in [2.75, 3.05) is 13.1 Å². The Hall–Kier alpha value is -2.25. The van der Waals surface area contributed by atoms with E-state index in [0.717, 1.165) is 0 Å². The third-order valence-electron chi connectivity index (χ3n) is 4.92. The topological polar surface area (TPSA) is 117 Å². The van der Waals surface area contributed by atoms with Crippen molar-refractivity contribution in [1.82, 2.24) is 14.8 Å². The first-order valence-corrected chi connectivity index (χ1v) is 10.3. The summed E-state index contributed by atoms with van der Waals surface area (Å²) in [4.78, 5) is 12.7. The van der Waals surface area contributed by atoms with Gasteiger partial charge in [-0.05, 0) is 26.7 Å². The summed E-state index contributed by atoms with van der Waals surface area (Å²) in [5.41, 5.74) is -0.177. The molecule has 1 aromatic heterocycles. The molecule has 146 valence electrons. The van der Waals surface area contributed by atoms with Gasteiger partial charge >= 0.3 is 0 Å². The van der Waals surface area contributed by atoms with Gasteiger partial charge in [0.15, 0.2) is 11.4 Å². The van der Waals surface area contributed by atoms with Crippen LogP contribution in [-0.2, 0) is 14.8 Å². The largest absolute Gasteiger partial charge is 0.360 e. The average Bonchev–Trinajstić information content (AvgIpc) is 3.04. The molecular formula is C17H23N5O4S. The van der Waals surface area contributed by atoms with E-state index in [1.54, 1.807) is 13.8 Å². The molecule has 1 atom stereocenters. The van der Waals surface area contributed by atoms with Crippen molar-refractivity contribution >= 4 is 15.9 Å². The van der Waals surface area contributed by atoms with Crippen LogP contribution >= 0.6 is 0 Å². The highest BCUT2D eigenvalue weighted by molar-refractivity contribution is 7.89. The zero-order valence-corrected chi connectivity index (χ0v) is 16.3. The van der Waals surface area contributed by atoms with Crippen LogP contribution in [0.5, 0.6) is 0 Å². The summed E-state index contributed by atoms with van der Waals surface area (Å²) in [6.45, 7) is 3.79. The van der Waals surface area contributed by atoms with Crippen molar-refractivity contribution in [3.63, 3.8) is 0 Å². The molecule has 3 heterocycles. The molecule has 2 aliphatic rings. The molecule has 2 aliphatic heterocycles. The molecule has 3 rings (SSSR count). The van der Waals surface area contributed by atoms with Crippen LogP contribution in [0.1, 0.15) is 43.6 Å². The molecule has 27 heavy (non-hydrogen) atoms. The van der Waals surface area contributed by atoms with Crippen LogP contribution in [0.3, 0.4) is 0 Å². The summed E-state index contributed by atoms with van der Waals surface area (Å²) in [5, 5.41) is 14.6. The molecule has 0 aliphatic carbocycles. The molecular weight excluding hydrogens is 370 g/mol. The quantitative estimate of drug-likeness (QED) is 0.672. The first kappa shape index (κ1) is 19.5. The lowest BCUT2D eigenvalue weighted by Crippen LogP contribution is -2.46. The maximum Gasteiger partial charge on any atom is 0.249 e. The van der Waals surface area contributed by atoms with E-state index < -0.39 is 21.7 Å². The molecule has 1 aromatic rings. The SMILES string of the molecule is C#CCCC1(CCNC(=O)C2CCCN2S(=O)(=O)c2c(C)noc2C)N=N1. The second kappa shape index (κ2) is 7.40. The third-order valence-corrected chi connectivity index (χ3v) is 7.07. The number of hydrogen-bond donors (Lipinski definition) is 1. The molecule has 1 amide bonds. The van der Waals surface area contributed by atoms with Crippen LogP contribution in [0.25, 0.3) is 0 Å². The van der Waals surface area contributed by atoms with Gasteiger partial charge in [0, 0.05) is 32.4 Å². The Kier molecular flexibility index (Phi) is 5.35. The number of amides is 1. The van der Waals surface area contributed by atoms with Crippen molar-refractivity contribution in [2.24, 2.45) is 10.2 Å². The zero-order chi connectivity index (χ0) is 19.7. The van der Waals surface area contributed by atoms with E-state index in [2.05, 4.69) is 26.6 Å². The van der Waals surface area contributed by atoms with Crippen molar-refractivity contribution in [3.05, 3.63) is 11.5 Å². The number of sulfonamides is 1. The molecule has 1 N–H and O–H groups in total. The van der Waals surface area contributed by atoms with E-state index in [9.17, 15) is 13.2 Å². The first-order chi connectivity index (χ1) is 12.8. The van der Waals surface area contributed by atoms with E-state index in [4.69, 9.17) is 10.9 Å². The second-order valence-corrected chi connectivity index (χ2v) is 8.68. The number of aromatic nitrogens is 1. The Morgan fingerprint density at radius 1 is 1.41 bits per heavy atom. The lowest BCUT2D eigenvalue weighted by Gasteiger charge is -2.23. The Morgan fingerprint density at radius 3 is 2.74 bits per heavy atom. The molecule has 0 saturated carbocycles. The summed E-state index contributed by atoms with van der Waals surface area (Å²) >= 11 is 0. The number of aryl methyl sites for hydroxylation is 2. The van der Waals surface area contributed by atoms with Gasteiger partial charge in [-0.15, -0.1) is 12.3 Å². The molecule has 9 nitrogen and oxygen atoms in total. The summed E-state index contributed by atoms with van der Waals surface area (Å²) in [5.74, 6) is 2.48. The predicted octanol–water partition coefficient (Wildman–Crippen LogP) is 1.53. The van der Waals surface area contributed by atoms with Crippen molar-refractivity contribution in [2.45, 2.75) is 62.6 Å². The molecule has 1 unspecified atom stereocenters. The summed E-state index contributed by atoms with van der Waals surface area (Å²) in [6, 6.07) is -0.738. The van der Waals surface area contributed by atoms with Crippen LogP contribution in [-0.4, -0.2) is 48.6 Å². The Bertz CT molecular complexity index is 873. The second-order valence-electron chi connectivity index (χ2n) is 6.85. The average molecular weight is 393 g/mol. The number of hydrogen-bond acceptors (Lipinski definition) is 7. The van der Waals surface area contributed by atoms with Gasteiger partial charge in [-0.25, -0.2) is 8.42 Å². The van der Waals surface area contributed by atoms with Crippen molar-refractivity contribution < 1.29 is 17.7 Å². The fourth-order valence-electron chi connectivity index (χ4n) is 3.42. The number of carbonyl (C=O) groups excluding carboxylic acids is 1. The monoisotopic (exact) mass is 393 g/mol. The number of carbonyl (C=O) groups is 1. The first-order valence-electron chi connectivity index (χ1n) is 8.91. The van der Waals surface area contributed by atoms with Crippen LogP contribution in [0.15, 0.2) is 19.6 Å². The van der Waals surface area contributed by atoms with Gasteiger partial charge in [0.05, 0.1) is 0 Å². The lowest BCUT2D eigenvalue weighted by molar-refractivity contribution is -0.124. The Balaban J connectivity index is 1.62. The van der Waals surface area contributed by atoms with Crippen LogP contribution in [0.4, 0.5) is 0 Å². The van der Waals surface area contributed by atoms with Crippen molar-refractivity contribution in [1.29, 1.82) is 0 Å². The maximum absolute atomic E-state index is 13.0. The summed E-state index contributed by atoms with van der Waals surface area (Å²) in [6.07, 6.45) is 8.16. The maximum atomic E-state index is 13.0. The molecule has 0 radical (unpaired) electrons. The lowest BCUT2D eigenvalue weighted by atomic mass is 10.0. The minimum atomic E-state index is -3.85. The van der Waals surface area contributed by atoms with Crippen LogP contribution in [0, 0.1) is 26.2 Å². The Morgan fingerprint density at radius 2 is 2.15 bits per heavy atom. The van der Waals surface area contributed by atoms with E-state index in [-0.39, 0.29) is 16.6 Å². The number of nitrogens with zero attached hydrogens (tertiary/aromatic N) is 4. The molecule has 0 aromatic carbocycles. The van der Waals surface area contributed by atoms with Gasteiger partial charge in [0.1, 0.15) is 16.6 Å². The van der Waals surface area contributed by atoms with E-state index >= 15 is 0 Å². The molecule has 0 bridgehead atoms. The highest BCUT2D eigenvalue weighted by Gasteiger charge is 2.43. The zero-order valence-electron chi connectivity index (χ0n) is 15.4. The number of terminal acetylenes is 1. The van der Waals surface area contributed by atoms with Crippen LogP contribution < -0.4 is 5.32 Å². The minimum Gasteiger partial charge on any atom is -0.360 e. The van der Waals surface area contributed by atoms with Gasteiger partial charge in [0.25, 0.3) is 0 Å². The summed E-state index contributed by atoms with van der Waals surface area (Å²) < 4.78 is 32.3. The highest BCUT2D eigenvalue weighted by Crippen LogP contribution is 2.36. The fraction of sp³-hybridized carbons (Fsp3) is 0.647. The standard InChI is InChI=1S/C17H23N5O4S/c1-4-5-8-17(20-21-17)9-10-18-16(23)14-7-6-11-22(14)27(24,25)15-12(2)19-26-13(15)3/h1,14H,5-11H2,2-3H3,(H,18,23). The van der Waals surface area contributed by atoms with Gasteiger partial charge in [0.2, 0.25) is 15.9 Å². The van der Waals surface area contributed by atoms with Crippen LogP contribution in [0.2, 0.25) is 0 Å². The predicted molar refractivity (Wildman–Crippen MR) is 96.2 cm³/mol. The smallest absolute Gasteiger partial charge is 0.249 e. The van der Waals surface area contributed by atoms with Gasteiger partial charge in [-0.3, -0.25) is 4.79 Å². The minimum absolute atomic E-state index is 0.0472. The molecule has 0 spiro atoms. The molecule has 10 heteroatoms. The van der Waals surface area contributed by atoms with Crippen molar-refractivity contribution in [3.8, 4) is 12.3 Å². The normalized spacial score (nSPS) is 21.1. The summed E-state index contributed by atoms with van der Waals surface area (Å²) in [7, 11) is -3.85. The van der Waals surface area contributed by atoms with E-state index in [1.165, 1.54) is 4.31 Å². The van der Waals surface area contributed by atoms with Gasteiger partial charge in [-0.2, -0.15) is 14.5 Å². The van der Waals surface area contributed by atoms with Gasteiger partial charge in [-0.1, -0.05) is 5.16 Å². The third kappa shape index (κ3) is 3.89. The van der Waals surface area contributed by atoms with E-state index in [1.807, 2.05) is 0 Å². The number of rotatable bonds is 8. The van der Waals surface area contributed by atoms with E-state index in [0.29, 0.717) is 50.9 Å². The highest BCUT2D eigenvalue weighted by atomic mass is 32.2. The molecule has 1 saturated heterocycles. The molecule has 1 fully saturated rings.